The third kappa shape index (κ3) is 3.83. The average molecular weight is 519 g/mol. The quantitative estimate of drug-likeness (QED) is 0.371. The molecule has 1 amide bonds. The van der Waals surface area contributed by atoms with Gasteiger partial charge < -0.3 is 15.7 Å². The van der Waals surface area contributed by atoms with Crippen LogP contribution < -0.4 is 5.73 Å². The molecule has 38 heavy (non-hydrogen) atoms. The molecule has 6 heterocycles. The molecule has 3 atom stereocenters. The molecule has 4 aromatic heterocycles. The van der Waals surface area contributed by atoms with Gasteiger partial charge in [-0.15, -0.1) is 0 Å². The van der Waals surface area contributed by atoms with Crippen molar-refractivity contribution in [1.82, 2.24) is 34.3 Å². The van der Waals surface area contributed by atoms with Gasteiger partial charge >= 0.3 is 0 Å². The van der Waals surface area contributed by atoms with E-state index in [1.54, 1.807) is 35.6 Å². The summed E-state index contributed by atoms with van der Waals surface area (Å²) in [6.07, 6.45) is 7.89. The zero-order valence-electron chi connectivity index (χ0n) is 20.8. The molecule has 0 aromatic carbocycles. The summed E-state index contributed by atoms with van der Waals surface area (Å²) in [5.74, 6) is -0.276. The molecule has 196 valence electrons. The Morgan fingerprint density at radius 1 is 1.13 bits per heavy atom. The van der Waals surface area contributed by atoms with Crippen LogP contribution in [-0.2, 0) is 11.6 Å². The average Bonchev–Trinajstić information content (AvgIpc) is 3.64. The van der Waals surface area contributed by atoms with Crippen LogP contribution in [0.4, 0.5) is 10.2 Å². The number of carbonyl (C=O) groups excluding carboxylic acids is 2. The Morgan fingerprint density at radius 2 is 1.89 bits per heavy atom. The number of anilines is 1. The van der Waals surface area contributed by atoms with Crippen LogP contribution in [0.5, 0.6) is 0 Å². The Kier molecular flexibility index (Phi) is 5.90. The Morgan fingerprint density at radius 3 is 2.50 bits per heavy atom. The van der Waals surface area contributed by atoms with Crippen molar-refractivity contribution in [2.24, 2.45) is 0 Å². The van der Waals surface area contributed by atoms with Crippen molar-refractivity contribution in [1.29, 1.82) is 0 Å². The first kappa shape index (κ1) is 24.2. The van der Waals surface area contributed by atoms with E-state index in [1.807, 2.05) is 6.07 Å². The molecule has 2 fully saturated rings. The molecule has 6 rings (SSSR count). The number of piperidine rings is 1. The molecule has 2 bridgehead atoms. The zero-order valence-corrected chi connectivity index (χ0v) is 20.8. The van der Waals surface area contributed by atoms with Gasteiger partial charge in [0.15, 0.2) is 18.2 Å². The van der Waals surface area contributed by atoms with Crippen LogP contribution in [0.3, 0.4) is 0 Å². The predicted molar refractivity (Wildman–Crippen MR) is 136 cm³/mol. The largest absolute Gasteiger partial charge is 0.387 e. The number of fused-ring (bicyclic) bond motifs is 3. The van der Waals surface area contributed by atoms with Crippen LogP contribution in [0.1, 0.15) is 54.6 Å². The van der Waals surface area contributed by atoms with E-state index in [-0.39, 0.29) is 35.5 Å². The van der Waals surface area contributed by atoms with Crippen molar-refractivity contribution >= 4 is 23.2 Å². The highest BCUT2D eigenvalue weighted by atomic mass is 19.1. The number of halogens is 1. The number of nitrogen functional groups attached to an aromatic ring is 1. The number of Topliss-reactive ketones (excluding diaryl/α,β-unsaturated/α-hetero) is 1. The lowest BCUT2D eigenvalue weighted by Gasteiger charge is -2.39. The zero-order chi connectivity index (χ0) is 26.6. The van der Waals surface area contributed by atoms with Crippen LogP contribution in [0, 0.1) is 0 Å². The molecule has 0 spiro atoms. The van der Waals surface area contributed by atoms with E-state index in [0.717, 1.165) is 18.4 Å². The van der Waals surface area contributed by atoms with Crippen LogP contribution in [-0.4, -0.2) is 69.7 Å². The van der Waals surface area contributed by atoms with Crippen LogP contribution in [0.2, 0.25) is 0 Å². The van der Waals surface area contributed by atoms with Gasteiger partial charge in [-0.1, -0.05) is 6.07 Å². The predicted octanol–water partition coefficient (Wildman–Crippen LogP) is 2.60. The molecule has 2 saturated heterocycles. The number of alkyl halides is 1. The minimum atomic E-state index is -0.712. The molecular formula is C26H27FN8O3. The fraction of sp³-hybridized carbons (Fsp3) is 0.385. The topological polar surface area (TPSA) is 145 Å². The Labute approximate surface area is 217 Å². The third-order valence-electron chi connectivity index (χ3n) is 7.71. The number of amides is 1. The molecule has 0 saturated carbocycles. The van der Waals surface area contributed by atoms with Gasteiger partial charge in [-0.3, -0.25) is 14.6 Å². The number of hydrogen-bond donors (Lipinski definition) is 2. The summed E-state index contributed by atoms with van der Waals surface area (Å²) < 4.78 is 15.5. The molecule has 12 heteroatoms. The van der Waals surface area contributed by atoms with Gasteiger partial charge in [0.1, 0.15) is 18.1 Å². The summed E-state index contributed by atoms with van der Waals surface area (Å²) in [4.78, 5) is 36.3. The Balaban J connectivity index is 1.39. The summed E-state index contributed by atoms with van der Waals surface area (Å²) in [6.45, 7) is 0.257. The number of pyridine rings is 1. The van der Waals surface area contributed by atoms with Gasteiger partial charge in [0.2, 0.25) is 5.91 Å². The first-order valence-electron chi connectivity index (χ1n) is 12.6. The SMILES string of the molecule is CC(=O)c1c(C2CC3CC[C@@H](C2)N3C(=O)CO)nc2c(-c3ccc(-c4ccn(CF)n4)nc3)cnn2c1N. The second-order valence-corrected chi connectivity index (χ2v) is 9.91. The fourth-order valence-corrected chi connectivity index (χ4v) is 6.05. The molecule has 0 radical (unpaired) electrons. The maximum Gasteiger partial charge on any atom is 0.248 e. The maximum absolute atomic E-state index is 12.9. The lowest BCUT2D eigenvalue weighted by molar-refractivity contribution is -0.138. The third-order valence-corrected chi connectivity index (χ3v) is 7.71. The van der Waals surface area contributed by atoms with E-state index in [9.17, 15) is 19.1 Å². The number of nitrogens with two attached hydrogens (primary N) is 1. The molecule has 2 unspecified atom stereocenters. The summed E-state index contributed by atoms with van der Waals surface area (Å²) in [6, 6.07) is 5.35. The van der Waals surface area contributed by atoms with Crippen molar-refractivity contribution < 1.29 is 19.1 Å². The number of aliphatic hydroxyl groups is 1. The minimum absolute atomic E-state index is 0.000504. The number of aromatic nitrogens is 6. The highest BCUT2D eigenvalue weighted by Crippen LogP contribution is 2.44. The van der Waals surface area contributed by atoms with Crippen LogP contribution >= 0.6 is 0 Å². The Bertz CT molecular complexity index is 1530. The lowest BCUT2D eigenvalue weighted by Crippen LogP contribution is -2.47. The highest BCUT2D eigenvalue weighted by molar-refractivity contribution is 6.00. The van der Waals surface area contributed by atoms with Crippen molar-refractivity contribution in [2.75, 3.05) is 12.3 Å². The summed E-state index contributed by atoms with van der Waals surface area (Å²) in [5.41, 5.74) is 10.6. The van der Waals surface area contributed by atoms with Crippen LogP contribution in [0.15, 0.2) is 36.8 Å². The Hall–Kier alpha value is -4.19. The fourth-order valence-electron chi connectivity index (χ4n) is 6.05. The number of aliphatic hydroxyl groups excluding tert-OH is 1. The first-order chi connectivity index (χ1) is 18.4. The summed E-state index contributed by atoms with van der Waals surface area (Å²) in [5, 5.41) is 18.0. The second-order valence-electron chi connectivity index (χ2n) is 9.91. The van der Waals surface area contributed by atoms with Gasteiger partial charge in [-0.05, 0) is 44.7 Å². The van der Waals surface area contributed by atoms with E-state index in [0.29, 0.717) is 46.7 Å². The van der Waals surface area contributed by atoms with E-state index >= 15 is 0 Å². The van der Waals surface area contributed by atoms with E-state index in [1.165, 1.54) is 16.1 Å². The van der Waals surface area contributed by atoms with Gasteiger partial charge in [-0.2, -0.15) is 14.7 Å². The van der Waals surface area contributed by atoms with Crippen LogP contribution in [0.25, 0.3) is 28.2 Å². The van der Waals surface area contributed by atoms with Gasteiger partial charge in [0, 0.05) is 41.5 Å². The number of hydrogen-bond acceptors (Lipinski definition) is 8. The smallest absolute Gasteiger partial charge is 0.248 e. The standard InChI is InChI=1S/C26H27FN8O3/c1-14(37)23-24(16-8-17-3-4-18(9-16)34(17)22(38)12-36)31-26-19(11-30-35(26)25(23)28)15-2-5-20(29-10-15)21-6-7-33(13-27)32-21/h2,5-7,10-11,16-18,36H,3-4,8-9,12-13,28H2,1H3/t16?,17-,18?/m0/s1. The first-order valence-corrected chi connectivity index (χ1v) is 12.6. The highest BCUT2D eigenvalue weighted by Gasteiger charge is 2.44. The van der Waals surface area contributed by atoms with Crippen molar-refractivity contribution in [2.45, 2.75) is 57.4 Å². The summed E-state index contributed by atoms with van der Waals surface area (Å²) >= 11 is 0. The molecule has 2 aliphatic rings. The van der Waals surface area contributed by atoms with Gasteiger partial charge in [0.05, 0.1) is 23.1 Å². The van der Waals surface area contributed by atoms with E-state index < -0.39 is 13.4 Å². The lowest BCUT2D eigenvalue weighted by atomic mass is 9.85. The molecule has 2 aliphatic heterocycles. The molecule has 0 aliphatic carbocycles. The molecule has 3 N–H and O–H groups in total. The van der Waals surface area contributed by atoms with Gasteiger partial charge in [0.25, 0.3) is 0 Å². The summed E-state index contributed by atoms with van der Waals surface area (Å²) in [7, 11) is 0. The monoisotopic (exact) mass is 518 g/mol. The number of rotatable bonds is 6. The maximum atomic E-state index is 12.9. The molecule has 4 aromatic rings. The minimum Gasteiger partial charge on any atom is -0.387 e. The van der Waals surface area contributed by atoms with Crippen molar-refractivity contribution in [3.63, 3.8) is 0 Å². The number of nitrogens with zero attached hydrogens (tertiary/aromatic N) is 7. The second kappa shape index (κ2) is 9.28. The number of carbonyl (C=O) groups is 2. The van der Waals surface area contributed by atoms with Gasteiger partial charge in [-0.25, -0.2) is 14.1 Å². The van der Waals surface area contributed by atoms with E-state index in [2.05, 4.69) is 15.2 Å². The number of ketones is 1. The van der Waals surface area contributed by atoms with E-state index in [4.69, 9.17) is 10.7 Å². The molecule has 11 nitrogen and oxygen atoms in total. The normalized spacial score (nSPS) is 20.8. The molecular weight excluding hydrogens is 491 g/mol. The van der Waals surface area contributed by atoms with Crippen molar-refractivity contribution in [3.8, 4) is 22.5 Å². The van der Waals surface area contributed by atoms with Crippen molar-refractivity contribution in [3.05, 3.63) is 48.0 Å².